The van der Waals surface area contributed by atoms with Gasteiger partial charge in [-0.2, -0.15) is 4.72 Å². The number of ether oxygens (including phenoxy) is 1. The summed E-state index contributed by atoms with van der Waals surface area (Å²) in [5, 5.41) is 6.17. The number of pyridine rings is 1. The number of anilines is 1. The second-order valence-electron chi connectivity index (χ2n) is 7.54. The Morgan fingerprint density at radius 3 is 2.79 bits per heavy atom. The molecule has 1 aromatic carbocycles. The molecule has 0 aliphatic heterocycles. The van der Waals surface area contributed by atoms with Crippen LogP contribution in [-0.2, 0) is 24.3 Å². The lowest BCUT2D eigenvalue weighted by Gasteiger charge is -2.19. The number of carbonyl (C=O) groups excluding carboxylic acids is 2. The second kappa shape index (κ2) is 11.6. The van der Waals surface area contributed by atoms with E-state index >= 15 is 0 Å². The fourth-order valence-corrected chi connectivity index (χ4v) is 4.73. The number of benzene rings is 1. The first-order chi connectivity index (χ1) is 16.3. The smallest absolute Gasteiger partial charge is 0.325 e. The standard InChI is InChI=1S/C22H28N6O5S/c1-3-33-19(29)14-27-21(30)17(7-5-9-23-22-24-10-11-25-22)28-34(31,32)18-8-4-6-16-12-15(2)13-26-20(16)18/h4,6,8,10-13,17,28H,3,5,7,9,14H2,1-2H3,(H,27,30)(H2,23,24,25)/t17-/m0/s1. The molecule has 0 aliphatic carbocycles. The molecule has 2 heterocycles. The van der Waals surface area contributed by atoms with E-state index in [0.29, 0.717) is 29.8 Å². The van der Waals surface area contributed by atoms with Crippen LogP contribution < -0.4 is 15.4 Å². The van der Waals surface area contributed by atoms with Gasteiger partial charge in [-0.15, -0.1) is 0 Å². The fraction of sp³-hybridized carbons (Fsp3) is 0.364. The van der Waals surface area contributed by atoms with Gasteiger partial charge >= 0.3 is 5.97 Å². The molecule has 0 spiro atoms. The molecule has 0 saturated carbocycles. The third kappa shape index (κ3) is 6.75. The first kappa shape index (κ1) is 25.1. The van der Waals surface area contributed by atoms with Gasteiger partial charge in [-0.25, -0.2) is 13.4 Å². The summed E-state index contributed by atoms with van der Waals surface area (Å²) in [5.41, 5.74) is 1.21. The minimum absolute atomic E-state index is 0.0260. The molecule has 3 rings (SSSR count). The maximum atomic E-state index is 13.3. The lowest BCUT2D eigenvalue weighted by atomic mass is 10.1. The summed E-state index contributed by atoms with van der Waals surface area (Å²) in [6.45, 7) is 3.79. The third-order valence-electron chi connectivity index (χ3n) is 4.89. The summed E-state index contributed by atoms with van der Waals surface area (Å²) in [6.07, 6.45) is 5.49. The summed E-state index contributed by atoms with van der Waals surface area (Å²) in [4.78, 5) is 35.6. The molecule has 4 N–H and O–H groups in total. The number of nitrogens with one attached hydrogen (secondary N) is 4. The topological polar surface area (TPSA) is 155 Å². The van der Waals surface area contributed by atoms with Crippen molar-refractivity contribution in [2.45, 2.75) is 37.6 Å². The summed E-state index contributed by atoms with van der Waals surface area (Å²) in [7, 11) is -4.10. The number of aryl methyl sites for hydroxylation is 1. The van der Waals surface area contributed by atoms with Crippen LogP contribution in [0.1, 0.15) is 25.3 Å². The molecule has 11 nitrogen and oxygen atoms in total. The van der Waals surface area contributed by atoms with Crippen molar-refractivity contribution in [2.75, 3.05) is 25.0 Å². The molecule has 0 fully saturated rings. The van der Waals surface area contributed by atoms with Gasteiger partial charge in [0, 0.05) is 30.5 Å². The number of hydrogen-bond acceptors (Lipinski definition) is 8. The van der Waals surface area contributed by atoms with Crippen molar-refractivity contribution < 1.29 is 22.7 Å². The number of para-hydroxylation sites is 1. The SMILES string of the molecule is CCOC(=O)CNC(=O)[C@H](CCCNc1ncc[nH]1)NS(=O)(=O)c1cccc2cc(C)cnc12. The molecule has 3 aromatic rings. The van der Waals surface area contributed by atoms with E-state index in [2.05, 4.69) is 30.3 Å². The van der Waals surface area contributed by atoms with Gasteiger partial charge in [0.05, 0.1) is 12.1 Å². The highest BCUT2D eigenvalue weighted by Crippen LogP contribution is 2.22. The van der Waals surface area contributed by atoms with Crippen LogP contribution in [0.3, 0.4) is 0 Å². The molecular weight excluding hydrogens is 460 g/mol. The minimum atomic E-state index is -4.10. The third-order valence-corrected chi connectivity index (χ3v) is 6.39. The highest BCUT2D eigenvalue weighted by molar-refractivity contribution is 7.89. The summed E-state index contributed by atoms with van der Waals surface area (Å²) >= 11 is 0. The normalized spacial score (nSPS) is 12.3. The van der Waals surface area contributed by atoms with E-state index in [4.69, 9.17) is 4.74 Å². The van der Waals surface area contributed by atoms with Crippen LogP contribution >= 0.6 is 0 Å². The molecule has 1 atom stereocenters. The number of rotatable bonds is 12. The molecular formula is C22H28N6O5S. The average Bonchev–Trinajstić information content (AvgIpc) is 3.32. The molecule has 1 amide bonds. The van der Waals surface area contributed by atoms with Crippen molar-refractivity contribution in [3.8, 4) is 0 Å². The Morgan fingerprint density at radius 1 is 1.24 bits per heavy atom. The summed E-state index contributed by atoms with van der Waals surface area (Å²) < 4.78 is 33.8. The molecule has 182 valence electrons. The number of aromatic nitrogens is 3. The monoisotopic (exact) mass is 488 g/mol. The maximum absolute atomic E-state index is 13.3. The molecule has 0 aliphatic rings. The van der Waals surface area contributed by atoms with Crippen molar-refractivity contribution >= 4 is 38.8 Å². The quantitative estimate of drug-likeness (QED) is 0.221. The van der Waals surface area contributed by atoms with Gasteiger partial charge in [0.25, 0.3) is 0 Å². The van der Waals surface area contributed by atoms with Crippen LogP contribution in [0, 0.1) is 6.92 Å². The first-order valence-corrected chi connectivity index (χ1v) is 12.3. The number of H-pyrrole nitrogens is 1. The van der Waals surface area contributed by atoms with Crippen LogP contribution in [0.4, 0.5) is 5.95 Å². The van der Waals surface area contributed by atoms with Gasteiger partial charge in [0.15, 0.2) is 5.95 Å². The van der Waals surface area contributed by atoms with Crippen LogP contribution in [0.5, 0.6) is 0 Å². The lowest BCUT2D eigenvalue weighted by Crippen LogP contribution is -2.48. The zero-order chi connectivity index (χ0) is 24.6. The average molecular weight is 489 g/mol. The Bertz CT molecular complexity index is 1230. The Balaban J connectivity index is 1.75. The van der Waals surface area contributed by atoms with Crippen molar-refractivity contribution in [1.82, 2.24) is 25.0 Å². The fourth-order valence-electron chi connectivity index (χ4n) is 3.32. The van der Waals surface area contributed by atoms with E-state index in [1.807, 2.05) is 13.0 Å². The number of imidazole rings is 1. The van der Waals surface area contributed by atoms with Crippen molar-refractivity contribution in [1.29, 1.82) is 0 Å². The van der Waals surface area contributed by atoms with Crippen LogP contribution in [0.25, 0.3) is 10.9 Å². The van der Waals surface area contributed by atoms with Gasteiger partial charge in [0.2, 0.25) is 15.9 Å². The lowest BCUT2D eigenvalue weighted by molar-refractivity contribution is -0.143. The predicted molar refractivity (Wildman–Crippen MR) is 127 cm³/mol. The number of sulfonamides is 1. The molecule has 0 radical (unpaired) electrons. The zero-order valence-corrected chi connectivity index (χ0v) is 19.8. The molecule has 0 unspecified atom stereocenters. The largest absolute Gasteiger partial charge is 0.465 e. The summed E-state index contributed by atoms with van der Waals surface area (Å²) in [6, 6.07) is 5.57. The van der Waals surface area contributed by atoms with Crippen LogP contribution in [0.15, 0.2) is 47.8 Å². The predicted octanol–water partition coefficient (Wildman–Crippen LogP) is 1.48. The summed E-state index contributed by atoms with van der Waals surface area (Å²) in [5.74, 6) is -0.662. The van der Waals surface area contributed by atoms with E-state index in [9.17, 15) is 18.0 Å². The highest BCUT2D eigenvalue weighted by atomic mass is 32.2. The number of aromatic amines is 1. The Kier molecular flexibility index (Phi) is 8.55. The number of hydrogen-bond donors (Lipinski definition) is 4. The number of fused-ring (bicyclic) bond motifs is 1. The molecule has 34 heavy (non-hydrogen) atoms. The highest BCUT2D eigenvalue weighted by Gasteiger charge is 2.27. The molecule has 12 heteroatoms. The minimum Gasteiger partial charge on any atom is -0.465 e. The molecule has 2 aromatic heterocycles. The number of nitrogens with zero attached hydrogens (tertiary/aromatic N) is 2. The number of esters is 1. The number of amides is 1. The van der Waals surface area contributed by atoms with E-state index in [1.54, 1.807) is 37.6 Å². The van der Waals surface area contributed by atoms with E-state index in [0.717, 1.165) is 5.56 Å². The van der Waals surface area contributed by atoms with Gasteiger partial charge in [-0.05, 0) is 44.4 Å². The van der Waals surface area contributed by atoms with Crippen molar-refractivity contribution in [2.24, 2.45) is 0 Å². The first-order valence-electron chi connectivity index (χ1n) is 10.8. The van der Waals surface area contributed by atoms with E-state index in [-0.39, 0.29) is 24.5 Å². The van der Waals surface area contributed by atoms with Crippen molar-refractivity contribution in [3.05, 3.63) is 48.4 Å². The van der Waals surface area contributed by atoms with Crippen LogP contribution in [-0.4, -0.2) is 61.0 Å². The van der Waals surface area contributed by atoms with Gasteiger partial charge < -0.3 is 20.4 Å². The number of carbonyl (C=O) groups is 2. The van der Waals surface area contributed by atoms with Gasteiger partial charge in [-0.1, -0.05) is 12.1 Å². The molecule has 0 saturated heterocycles. The molecule has 0 bridgehead atoms. The van der Waals surface area contributed by atoms with Crippen molar-refractivity contribution in [3.63, 3.8) is 0 Å². The van der Waals surface area contributed by atoms with Crippen LogP contribution in [0.2, 0.25) is 0 Å². The van der Waals surface area contributed by atoms with Gasteiger partial charge in [0.1, 0.15) is 17.5 Å². The second-order valence-corrected chi connectivity index (χ2v) is 9.23. The Hall–Kier alpha value is -3.51. The van der Waals surface area contributed by atoms with E-state index < -0.39 is 27.9 Å². The Labute approximate surface area is 197 Å². The van der Waals surface area contributed by atoms with E-state index in [1.165, 1.54) is 6.07 Å². The zero-order valence-electron chi connectivity index (χ0n) is 19.0. The Morgan fingerprint density at radius 2 is 2.06 bits per heavy atom. The maximum Gasteiger partial charge on any atom is 0.325 e. The van der Waals surface area contributed by atoms with Gasteiger partial charge in [-0.3, -0.25) is 14.6 Å².